The van der Waals surface area contributed by atoms with Crippen molar-refractivity contribution in [3.8, 4) is 23.0 Å². The fourth-order valence-electron chi connectivity index (χ4n) is 3.35. The topological polar surface area (TPSA) is 85.8 Å². The molecule has 0 fully saturated rings. The van der Waals surface area contributed by atoms with Crippen molar-refractivity contribution in [2.75, 3.05) is 5.32 Å². The third-order valence-corrected chi connectivity index (χ3v) is 5.33. The van der Waals surface area contributed by atoms with Gasteiger partial charge in [0.1, 0.15) is 11.5 Å². The molecule has 5 rings (SSSR count). The second-order valence-corrected chi connectivity index (χ2v) is 7.93. The molecule has 0 bridgehead atoms. The standard InChI is InChI=1S/C25H17ClFN5O2/c26-18-9-7-17(8-10-18)23-30-25(34-31-23)22-14-32(15-28-22)13-16-5-11-19(12-6-16)29-24(33)20-3-1-2-4-21(20)27/h1-12,14-15H,13H2,(H,29,33). The summed E-state index contributed by atoms with van der Waals surface area (Å²) in [4.78, 5) is 21.0. The number of carbonyl (C=O) groups is 1. The van der Waals surface area contributed by atoms with Gasteiger partial charge in [-0.25, -0.2) is 9.37 Å². The molecule has 34 heavy (non-hydrogen) atoms. The lowest BCUT2D eigenvalue weighted by Crippen LogP contribution is -2.13. The summed E-state index contributed by atoms with van der Waals surface area (Å²) < 4.78 is 21.0. The Bertz CT molecular complexity index is 1440. The Balaban J connectivity index is 1.24. The largest absolute Gasteiger partial charge is 0.332 e. The van der Waals surface area contributed by atoms with Crippen molar-refractivity contribution in [3.05, 3.63) is 107 Å². The van der Waals surface area contributed by atoms with Crippen molar-refractivity contribution >= 4 is 23.2 Å². The van der Waals surface area contributed by atoms with E-state index in [0.717, 1.165) is 11.1 Å². The number of rotatable bonds is 6. The highest BCUT2D eigenvalue weighted by atomic mass is 35.5. The fraction of sp³-hybridized carbons (Fsp3) is 0.0400. The predicted molar refractivity (Wildman–Crippen MR) is 126 cm³/mol. The van der Waals surface area contributed by atoms with Gasteiger partial charge in [0.15, 0.2) is 0 Å². The Morgan fingerprint density at radius 1 is 1.03 bits per heavy atom. The van der Waals surface area contributed by atoms with Crippen LogP contribution in [0.15, 0.2) is 89.8 Å². The van der Waals surface area contributed by atoms with Crippen molar-refractivity contribution in [1.82, 2.24) is 19.7 Å². The van der Waals surface area contributed by atoms with E-state index in [1.165, 1.54) is 12.1 Å². The van der Waals surface area contributed by atoms with Crippen LogP contribution in [0.5, 0.6) is 0 Å². The summed E-state index contributed by atoms with van der Waals surface area (Å²) in [5.41, 5.74) is 2.91. The summed E-state index contributed by atoms with van der Waals surface area (Å²) in [5, 5.41) is 7.34. The van der Waals surface area contributed by atoms with Crippen LogP contribution in [0.4, 0.5) is 10.1 Å². The molecule has 2 heterocycles. The molecule has 0 radical (unpaired) electrons. The first kappa shape index (κ1) is 21.5. The van der Waals surface area contributed by atoms with E-state index in [-0.39, 0.29) is 5.56 Å². The van der Waals surface area contributed by atoms with E-state index in [2.05, 4.69) is 20.4 Å². The highest BCUT2D eigenvalue weighted by Crippen LogP contribution is 2.23. The van der Waals surface area contributed by atoms with Gasteiger partial charge in [-0.3, -0.25) is 4.79 Å². The van der Waals surface area contributed by atoms with Crippen molar-refractivity contribution in [3.63, 3.8) is 0 Å². The first-order chi connectivity index (χ1) is 16.5. The minimum Gasteiger partial charge on any atom is -0.332 e. The predicted octanol–water partition coefficient (Wildman–Crippen LogP) is 5.69. The lowest BCUT2D eigenvalue weighted by molar-refractivity contribution is 0.102. The molecule has 7 nitrogen and oxygen atoms in total. The molecule has 1 N–H and O–H groups in total. The Kier molecular flexibility index (Phi) is 5.88. The lowest BCUT2D eigenvalue weighted by Gasteiger charge is -2.08. The second kappa shape index (κ2) is 9.29. The molecule has 2 aromatic heterocycles. The number of imidazole rings is 1. The quantitative estimate of drug-likeness (QED) is 0.342. The summed E-state index contributed by atoms with van der Waals surface area (Å²) in [6, 6.07) is 20.3. The van der Waals surface area contributed by atoms with Gasteiger partial charge in [0, 0.05) is 29.0 Å². The van der Waals surface area contributed by atoms with Gasteiger partial charge in [-0.2, -0.15) is 4.98 Å². The lowest BCUT2D eigenvalue weighted by atomic mass is 10.1. The maximum Gasteiger partial charge on any atom is 0.278 e. The van der Waals surface area contributed by atoms with Crippen LogP contribution in [0.25, 0.3) is 23.0 Å². The molecule has 0 spiro atoms. The third-order valence-electron chi connectivity index (χ3n) is 5.08. The number of nitrogens with zero attached hydrogens (tertiary/aromatic N) is 4. The monoisotopic (exact) mass is 473 g/mol. The van der Waals surface area contributed by atoms with Crippen molar-refractivity contribution < 1.29 is 13.7 Å². The molecule has 0 aliphatic rings. The summed E-state index contributed by atoms with van der Waals surface area (Å²) in [7, 11) is 0. The third kappa shape index (κ3) is 4.72. The van der Waals surface area contributed by atoms with E-state index in [1.807, 2.05) is 35.0 Å². The molecule has 0 aliphatic carbocycles. The van der Waals surface area contributed by atoms with E-state index in [9.17, 15) is 9.18 Å². The van der Waals surface area contributed by atoms with Crippen LogP contribution in [-0.4, -0.2) is 25.6 Å². The molecule has 0 saturated carbocycles. The van der Waals surface area contributed by atoms with Gasteiger partial charge in [0.2, 0.25) is 5.82 Å². The average molecular weight is 474 g/mol. The SMILES string of the molecule is O=C(Nc1ccc(Cn2cnc(-c3nc(-c4ccc(Cl)cc4)no3)c2)cc1)c1ccccc1F. The zero-order valence-electron chi connectivity index (χ0n) is 17.7. The van der Waals surface area contributed by atoms with Crippen LogP contribution in [0.1, 0.15) is 15.9 Å². The molecular weight excluding hydrogens is 457 g/mol. The number of carbonyl (C=O) groups excluding carboxylic acids is 1. The van der Waals surface area contributed by atoms with E-state index in [1.54, 1.807) is 42.7 Å². The first-order valence-electron chi connectivity index (χ1n) is 10.3. The number of hydrogen-bond acceptors (Lipinski definition) is 5. The van der Waals surface area contributed by atoms with Crippen LogP contribution in [-0.2, 0) is 6.54 Å². The fourth-order valence-corrected chi connectivity index (χ4v) is 3.47. The molecule has 0 saturated heterocycles. The zero-order chi connectivity index (χ0) is 23.5. The van der Waals surface area contributed by atoms with Crippen LogP contribution in [0.3, 0.4) is 0 Å². The molecular formula is C25H17ClFN5O2. The maximum absolute atomic E-state index is 13.8. The van der Waals surface area contributed by atoms with E-state index in [0.29, 0.717) is 34.7 Å². The number of hydrogen-bond donors (Lipinski definition) is 1. The molecule has 5 aromatic rings. The number of aromatic nitrogens is 4. The minimum absolute atomic E-state index is 0.00207. The summed E-state index contributed by atoms with van der Waals surface area (Å²) >= 11 is 5.92. The number of halogens is 2. The minimum atomic E-state index is -0.561. The van der Waals surface area contributed by atoms with Gasteiger partial charge < -0.3 is 14.4 Å². The molecule has 0 unspecified atom stereocenters. The van der Waals surface area contributed by atoms with Crippen molar-refractivity contribution in [2.24, 2.45) is 0 Å². The molecule has 0 atom stereocenters. The number of anilines is 1. The molecule has 3 aromatic carbocycles. The summed E-state index contributed by atoms with van der Waals surface area (Å²) in [6.45, 7) is 0.548. The summed E-state index contributed by atoms with van der Waals surface area (Å²) in [6.07, 6.45) is 3.49. The van der Waals surface area contributed by atoms with Gasteiger partial charge in [-0.15, -0.1) is 0 Å². The van der Waals surface area contributed by atoms with Gasteiger partial charge >= 0.3 is 0 Å². The summed E-state index contributed by atoms with van der Waals surface area (Å²) in [5.74, 6) is -0.291. The maximum atomic E-state index is 13.8. The van der Waals surface area contributed by atoms with E-state index < -0.39 is 11.7 Å². The van der Waals surface area contributed by atoms with E-state index >= 15 is 0 Å². The Morgan fingerprint density at radius 2 is 1.79 bits per heavy atom. The number of amides is 1. The van der Waals surface area contributed by atoms with Gasteiger partial charge in [0.05, 0.1) is 11.9 Å². The number of benzene rings is 3. The van der Waals surface area contributed by atoms with Crippen LogP contribution >= 0.6 is 11.6 Å². The normalized spacial score (nSPS) is 10.9. The highest BCUT2D eigenvalue weighted by Gasteiger charge is 2.14. The Hall–Kier alpha value is -4.30. The van der Waals surface area contributed by atoms with Gasteiger partial charge in [-0.05, 0) is 54.1 Å². The average Bonchev–Trinajstić information content (AvgIpc) is 3.51. The molecule has 9 heteroatoms. The molecule has 0 aliphatic heterocycles. The second-order valence-electron chi connectivity index (χ2n) is 7.49. The van der Waals surface area contributed by atoms with Gasteiger partial charge in [0.25, 0.3) is 11.8 Å². The van der Waals surface area contributed by atoms with Gasteiger partial charge in [-0.1, -0.05) is 41.0 Å². The van der Waals surface area contributed by atoms with Crippen molar-refractivity contribution in [2.45, 2.75) is 6.54 Å². The van der Waals surface area contributed by atoms with Crippen LogP contribution in [0.2, 0.25) is 5.02 Å². The highest BCUT2D eigenvalue weighted by molar-refractivity contribution is 6.30. The van der Waals surface area contributed by atoms with Crippen LogP contribution < -0.4 is 5.32 Å². The van der Waals surface area contributed by atoms with Crippen LogP contribution in [0, 0.1) is 5.82 Å². The number of nitrogens with one attached hydrogen (secondary N) is 1. The molecule has 1 amide bonds. The Morgan fingerprint density at radius 3 is 2.56 bits per heavy atom. The first-order valence-corrected chi connectivity index (χ1v) is 10.7. The zero-order valence-corrected chi connectivity index (χ0v) is 18.4. The Labute approximate surface area is 198 Å². The smallest absolute Gasteiger partial charge is 0.278 e. The van der Waals surface area contributed by atoms with Crippen molar-refractivity contribution in [1.29, 1.82) is 0 Å². The molecule has 168 valence electrons. The van der Waals surface area contributed by atoms with E-state index in [4.69, 9.17) is 16.1 Å².